The van der Waals surface area contributed by atoms with Crippen LogP contribution in [0.3, 0.4) is 0 Å². The van der Waals surface area contributed by atoms with E-state index >= 15 is 0 Å². The van der Waals surface area contributed by atoms with Crippen LogP contribution in [0.25, 0.3) is 0 Å². The number of nitrogens with zero attached hydrogens (tertiary/aromatic N) is 1. The summed E-state index contributed by atoms with van der Waals surface area (Å²) < 4.78 is 6.77. The maximum Gasteiger partial charge on any atom is 0.145 e. The van der Waals surface area contributed by atoms with E-state index in [0.29, 0.717) is 17.2 Å². The second-order valence-electron chi connectivity index (χ2n) is 4.55. The Kier molecular flexibility index (Phi) is 4.24. The Morgan fingerprint density at radius 2 is 1.84 bits per heavy atom. The lowest BCUT2D eigenvalue weighted by molar-refractivity contribution is 0.471. The molecule has 2 rings (SSSR count). The van der Waals surface area contributed by atoms with Crippen LogP contribution < -0.4 is 4.74 Å². The summed E-state index contributed by atoms with van der Waals surface area (Å²) in [5.41, 5.74) is 1.65. The van der Waals surface area contributed by atoms with Crippen LogP contribution in [0.1, 0.15) is 30.9 Å². The Balaban J connectivity index is 2.40. The fourth-order valence-corrected chi connectivity index (χ4v) is 2.21. The first-order valence-corrected chi connectivity index (χ1v) is 6.87. The molecule has 2 aromatic rings. The minimum Gasteiger partial charge on any atom is -0.456 e. The number of halogens is 1. The number of nitriles is 1. The van der Waals surface area contributed by atoms with Gasteiger partial charge in [0, 0.05) is 4.47 Å². The molecule has 0 amide bonds. The Hall–Kier alpha value is -1.79. The summed E-state index contributed by atoms with van der Waals surface area (Å²) in [5.74, 6) is 1.76. The first kappa shape index (κ1) is 13.6. The van der Waals surface area contributed by atoms with Crippen LogP contribution in [0.15, 0.2) is 46.9 Å². The minimum absolute atomic E-state index is 0.372. The summed E-state index contributed by atoms with van der Waals surface area (Å²) in [4.78, 5) is 0. The third kappa shape index (κ3) is 3.15. The van der Waals surface area contributed by atoms with Crippen LogP contribution in [0.5, 0.6) is 11.5 Å². The van der Waals surface area contributed by atoms with Crippen LogP contribution in [0.2, 0.25) is 0 Å². The van der Waals surface area contributed by atoms with E-state index in [4.69, 9.17) is 10.00 Å². The third-order valence-electron chi connectivity index (χ3n) is 2.82. The Bertz CT molecular complexity index is 629. The van der Waals surface area contributed by atoms with E-state index in [1.54, 1.807) is 12.1 Å². The Morgan fingerprint density at radius 1 is 1.11 bits per heavy atom. The highest BCUT2D eigenvalue weighted by molar-refractivity contribution is 9.10. The highest BCUT2D eigenvalue weighted by Gasteiger charge is 2.10. The van der Waals surface area contributed by atoms with Gasteiger partial charge in [0.25, 0.3) is 0 Å². The summed E-state index contributed by atoms with van der Waals surface area (Å²) in [6.07, 6.45) is 0. The lowest BCUT2D eigenvalue weighted by Gasteiger charge is -2.14. The molecule has 0 fully saturated rings. The van der Waals surface area contributed by atoms with Crippen LogP contribution in [-0.2, 0) is 0 Å². The van der Waals surface area contributed by atoms with Crippen molar-refractivity contribution in [3.8, 4) is 17.6 Å². The minimum atomic E-state index is 0.372. The molecule has 0 unspecified atom stereocenters. The van der Waals surface area contributed by atoms with Gasteiger partial charge in [-0.3, -0.25) is 0 Å². The third-order valence-corrected chi connectivity index (χ3v) is 3.32. The molecule has 0 aliphatic carbocycles. The fourth-order valence-electron chi connectivity index (χ4n) is 1.85. The van der Waals surface area contributed by atoms with Crippen molar-refractivity contribution in [2.24, 2.45) is 0 Å². The number of para-hydroxylation sites is 1. The van der Waals surface area contributed by atoms with Gasteiger partial charge in [-0.2, -0.15) is 5.26 Å². The molecule has 0 bridgehead atoms. The van der Waals surface area contributed by atoms with Gasteiger partial charge in [0.2, 0.25) is 0 Å². The van der Waals surface area contributed by atoms with Crippen molar-refractivity contribution in [1.82, 2.24) is 0 Å². The van der Waals surface area contributed by atoms with E-state index in [0.717, 1.165) is 15.8 Å². The molecule has 0 N–H and O–H groups in total. The van der Waals surface area contributed by atoms with E-state index in [1.807, 2.05) is 30.3 Å². The van der Waals surface area contributed by atoms with Crippen LogP contribution in [0.4, 0.5) is 0 Å². The molecule has 0 heterocycles. The second kappa shape index (κ2) is 5.90. The van der Waals surface area contributed by atoms with Crippen LogP contribution >= 0.6 is 15.9 Å². The lowest BCUT2D eigenvalue weighted by Crippen LogP contribution is -1.95. The van der Waals surface area contributed by atoms with E-state index in [2.05, 4.69) is 35.8 Å². The standard InChI is InChI=1S/C16H14BrNO/c1-11(2)14-5-3-4-6-16(14)19-15-8-7-13(17)9-12(15)10-18/h3-9,11H,1-2H3. The van der Waals surface area contributed by atoms with Crippen molar-refractivity contribution in [1.29, 1.82) is 5.26 Å². The van der Waals surface area contributed by atoms with Gasteiger partial charge >= 0.3 is 0 Å². The zero-order chi connectivity index (χ0) is 13.8. The molecule has 0 radical (unpaired) electrons. The molecule has 2 nitrogen and oxygen atoms in total. The quantitative estimate of drug-likeness (QED) is 0.776. The van der Waals surface area contributed by atoms with Gasteiger partial charge in [0.15, 0.2) is 0 Å². The second-order valence-corrected chi connectivity index (χ2v) is 5.46. The van der Waals surface area contributed by atoms with Crippen molar-refractivity contribution < 1.29 is 4.74 Å². The number of ether oxygens (including phenoxy) is 1. The van der Waals surface area contributed by atoms with Crippen molar-refractivity contribution in [3.05, 3.63) is 58.1 Å². The molecule has 0 aliphatic heterocycles. The molecular weight excluding hydrogens is 302 g/mol. The van der Waals surface area contributed by atoms with Crippen LogP contribution in [0, 0.1) is 11.3 Å². The molecule has 0 spiro atoms. The monoisotopic (exact) mass is 315 g/mol. The average molecular weight is 316 g/mol. The smallest absolute Gasteiger partial charge is 0.145 e. The summed E-state index contributed by atoms with van der Waals surface area (Å²) in [6.45, 7) is 4.24. The van der Waals surface area contributed by atoms with Crippen molar-refractivity contribution >= 4 is 15.9 Å². The van der Waals surface area contributed by atoms with Gasteiger partial charge in [-0.15, -0.1) is 0 Å². The molecule has 0 saturated heterocycles. The maximum atomic E-state index is 9.15. The number of hydrogen-bond donors (Lipinski definition) is 0. The van der Waals surface area contributed by atoms with Crippen molar-refractivity contribution in [2.75, 3.05) is 0 Å². The van der Waals surface area contributed by atoms with Gasteiger partial charge in [-0.05, 0) is 35.7 Å². The summed E-state index contributed by atoms with van der Waals surface area (Å²) >= 11 is 3.35. The van der Waals surface area contributed by atoms with E-state index in [-0.39, 0.29) is 0 Å². The molecule has 0 saturated carbocycles. The summed E-state index contributed by atoms with van der Waals surface area (Å²) in [5, 5.41) is 9.15. The van der Waals surface area contributed by atoms with Gasteiger partial charge in [0.1, 0.15) is 17.6 Å². The lowest BCUT2D eigenvalue weighted by atomic mass is 10.0. The highest BCUT2D eigenvalue weighted by Crippen LogP contribution is 2.32. The number of rotatable bonds is 3. The van der Waals surface area contributed by atoms with E-state index in [9.17, 15) is 0 Å². The molecule has 2 aromatic carbocycles. The van der Waals surface area contributed by atoms with Crippen molar-refractivity contribution in [3.63, 3.8) is 0 Å². The maximum absolute atomic E-state index is 9.15. The molecule has 3 heteroatoms. The fraction of sp³-hybridized carbons (Fsp3) is 0.188. The van der Waals surface area contributed by atoms with E-state index < -0.39 is 0 Å². The Labute approximate surface area is 121 Å². The molecule has 19 heavy (non-hydrogen) atoms. The summed E-state index contributed by atoms with van der Waals surface area (Å²) in [7, 11) is 0. The SMILES string of the molecule is CC(C)c1ccccc1Oc1ccc(Br)cc1C#N. The van der Waals surface area contributed by atoms with Gasteiger partial charge in [0.05, 0.1) is 5.56 Å². The predicted molar refractivity (Wildman–Crippen MR) is 79.5 cm³/mol. The molecule has 0 atom stereocenters. The largest absolute Gasteiger partial charge is 0.456 e. The molecule has 96 valence electrons. The summed E-state index contributed by atoms with van der Waals surface area (Å²) in [6, 6.07) is 15.5. The Morgan fingerprint density at radius 3 is 2.53 bits per heavy atom. The zero-order valence-corrected chi connectivity index (χ0v) is 12.4. The molecule has 0 aliphatic rings. The predicted octanol–water partition coefficient (Wildman–Crippen LogP) is 5.24. The zero-order valence-electron chi connectivity index (χ0n) is 10.9. The highest BCUT2D eigenvalue weighted by atomic mass is 79.9. The number of hydrogen-bond acceptors (Lipinski definition) is 2. The topological polar surface area (TPSA) is 33.0 Å². The normalized spacial score (nSPS) is 10.3. The molecule has 0 aromatic heterocycles. The van der Waals surface area contributed by atoms with Gasteiger partial charge < -0.3 is 4.74 Å². The van der Waals surface area contributed by atoms with E-state index in [1.165, 1.54) is 0 Å². The van der Waals surface area contributed by atoms with Crippen LogP contribution in [-0.4, -0.2) is 0 Å². The van der Waals surface area contributed by atoms with Crippen molar-refractivity contribution in [2.45, 2.75) is 19.8 Å². The number of benzene rings is 2. The first-order valence-electron chi connectivity index (χ1n) is 6.08. The average Bonchev–Trinajstić information content (AvgIpc) is 2.41. The first-order chi connectivity index (χ1) is 9.11. The van der Waals surface area contributed by atoms with Gasteiger partial charge in [-0.25, -0.2) is 0 Å². The van der Waals surface area contributed by atoms with Gasteiger partial charge in [-0.1, -0.05) is 48.0 Å². The molecular formula is C16H14BrNO.